The van der Waals surface area contributed by atoms with Crippen LogP contribution in [0, 0.1) is 11.2 Å². The lowest BCUT2D eigenvalue weighted by Gasteiger charge is -2.48. The molecular weight excluding hydrogens is 473 g/mol. The Morgan fingerprint density at radius 2 is 1.94 bits per heavy atom. The number of amides is 1. The first-order valence-electron chi connectivity index (χ1n) is 11.7. The monoisotopic (exact) mass is 501 g/mol. The number of pyridine rings is 2. The lowest BCUT2D eigenvalue weighted by molar-refractivity contribution is -0.0267. The molecule has 11 nitrogen and oxygen atoms in total. The lowest BCUT2D eigenvalue weighted by atomic mass is 9.78. The number of nitrogens with one attached hydrogen (secondary N) is 1. The van der Waals surface area contributed by atoms with E-state index in [2.05, 4.69) is 10.5 Å². The molecule has 2 aromatic rings. The van der Waals surface area contributed by atoms with Crippen LogP contribution in [0.5, 0.6) is 0 Å². The summed E-state index contributed by atoms with van der Waals surface area (Å²) in [4.78, 5) is 49.6. The number of aromatic carboxylic acids is 1. The summed E-state index contributed by atoms with van der Waals surface area (Å²) in [7, 11) is 1.46. The molecule has 1 spiro atoms. The zero-order valence-electron chi connectivity index (χ0n) is 20.5. The number of nitrogens with zero attached hydrogens (tertiary/aromatic N) is 4. The molecule has 192 valence electrons. The van der Waals surface area contributed by atoms with E-state index >= 15 is 4.39 Å². The second-order valence-corrected chi connectivity index (χ2v) is 10.6. The molecular formula is C24H28FN5O6. The molecule has 2 N–H and O–H groups in total. The maximum absolute atomic E-state index is 15.3. The molecule has 1 saturated heterocycles. The summed E-state index contributed by atoms with van der Waals surface area (Å²) in [5.41, 5.74) is 1.39. The van der Waals surface area contributed by atoms with E-state index in [1.54, 1.807) is 41.3 Å². The fraction of sp³-hybridized carbons (Fsp3) is 0.500. The van der Waals surface area contributed by atoms with Gasteiger partial charge in [0.15, 0.2) is 11.6 Å². The van der Waals surface area contributed by atoms with Crippen molar-refractivity contribution in [3.05, 3.63) is 45.8 Å². The van der Waals surface area contributed by atoms with Crippen LogP contribution in [0.1, 0.15) is 50.0 Å². The van der Waals surface area contributed by atoms with Crippen molar-refractivity contribution in [3.8, 4) is 0 Å². The maximum Gasteiger partial charge on any atom is 0.410 e. The molecule has 3 aliphatic rings. The van der Waals surface area contributed by atoms with Crippen molar-refractivity contribution in [2.45, 2.75) is 45.3 Å². The first-order valence-corrected chi connectivity index (χ1v) is 11.7. The van der Waals surface area contributed by atoms with Crippen LogP contribution < -0.4 is 15.8 Å². The molecule has 0 atom stereocenters. The van der Waals surface area contributed by atoms with Crippen molar-refractivity contribution in [1.82, 2.24) is 19.9 Å². The molecule has 5 rings (SSSR count). The van der Waals surface area contributed by atoms with Gasteiger partial charge >= 0.3 is 12.1 Å². The molecule has 2 aromatic heterocycles. The summed E-state index contributed by atoms with van der Waals surface area (Å²) in [6.45, 7) is 6.38. The van der Waals surface area contributed by atoms with E-state index in [0.29, 0.717) is 25.3 Å². The predicted molar refractivity (Wildman–Crippen MR) is 127 cm³/mol. The number of fused-ring (bicyclic) bond motifs is 1. The van der Waals surface area contributed by atoms with Gasteiger partial charge in [-0.2, -0.15) is 0 Å². The summed E-state index contributed by atoms with van der Waals surface area (Å²) in [5, 5.41) is 9.37. The molecule has 1 saturated carbocycles. The van der Waals surface area contributed by atoms with E-state index < -0.39 is 39.9 Å². The minimum absolute atomic E-state index is 0.00220. The van der Waals surface area contributed by atoms with E-state index in [0.717, 1.165) is 18.9 Å². The van der Waals surface area contributed by atoms with Crippen molar-refractivity contribution in [1.29, 1.82) is 0 Å². The first kappa shape index (κ1) is 24.0. The third-order valence-electron chi connectivity index (χ3n) is 6.56. The Hall–Kier alpha value is -3.67. The predicted octanol–water partition coefficient (Wildman–Crippen LogP) is 2.62. The standard InChI is InChI=1S/C24H28FN5O6/c1-23(2,3)36-22(34)29-11-24(12-29)10-28(9-17(24)27-35-4)20-16(25)7-14-18(31)15(21(32)33)8-30(13-5-6-13)19(14)26-20/h7-9,13,27H,5-6,10-12H2,1-4H3,(H,32,33). The number of likely N-dealkylation sites (tertiary alicyclic amines) is 1. The molecule has 1 aliphatic carbocycles. The van der Waals surface area contributed by atoms with Crippen LogP contribution in [-0.2, 0) is 9.57 Å². The Balaban J connectivity index is 1.49. The summed E-state index contributed by atoms with van der Waals surface area (Å²) >= 11 is 0. The Morgan fingerprint density at radius 3 is 2.53 bits per heavy atom. The highest BCUT2D eigenvalue weighted by Crippen LogP contribution is 2.44. The van der Waals surface area contributed by atoms with Gasteiger partial charge in [0.25, 0.3) is 0 Å². The minimum atomic E-state index is -1.36. The number of ether oxygens (including phenoxy) is 1. The number of carbonyl (C=O) groups is 2. The molecule has 1 amide bonds. The van der Waals surface area contributed by atoms with Gasteiger partial charge < -0.3 is 24.2 Å². The molecule has 0 unspecified atom stereocenters. The second-order valence-electron chi connectivity index (χ2n) is 10.6. The number of carbonyl (C=O) groups excluding carboxylic acids is 1. The van der Waals surface area contributed by atoms with Crippen LogP contribution in [0.25, 0.3) is 11.0 Å². The highest BCUT2D eigenvalue weighted by molar-refractivity contribution is 5.92. The number of hydrogen-bond donors (Lipinski definition) is 2. The van der Waals surface area contributed by atoms with Crippen molar-refractivity contribution in [2.75, 3.05) is 31.6 Å². The SMILES string of the molecule is CONC1=CN(c2nc3c(cc2F)c(=O)c(C(=O)O)cn3C2CC2)CC12CN(C(=O)OC(C)(C)C)C2. The number of anilines is 1. The molecule has 2 aliphatic heterocycles. The number of rotatable bonds is 5. The van der Waals surface area contributed by atoms with Gasteiger partial charge in [-0.1, -0.05) is 0 Å². The Morgan fingerprint density at radius 1 is 1.25 bits per heavy atom. The molecule has 0 bridgehead atoms. The fourth-order valence-corrected chi connectivity index (χ4v) is 4.76. The van der Waals surface area contributed by atoms with Gasteiger partial charge in [-0.3, -0.25) is 15.1 Å². The molecule has 36 heavy (non-hydrogen) atoms. The van der Waals surface area contributed by atoms with Crippen molar-refractivity contribution in [2.24, 2.45) is 5.41 Å². The average molecular weight is 502 g/mol. The van der Waals surface area contributed by atoms with Crippen molar-refractivity contribution < 1.29 is 28.7 Å². The fourth-order valence-electron chi connectivity index (χ4n) is 4.76. The molecule has 0 aromatic carbocycles. The topological polar surface area (TPSA) is 126 Å². The van der Waals surface area contributed by atoms with E-state index in [1.807, 2.05) is 0 Å². The number of hydrogen-bond acceptors (Lipinski definition) is 8. The van der Waals surface area contributed by atoms with Crippen LogP contribution in [0.3, 0.4) is 0 Å². The van der Waals surface area contributed by atoms with E-state index in [9.17, 15) is 19.5 Å². The maximum atomic E-state index is 15.3. The smallest absolute Gasteiger partial charge is 0.410 e. The number of carboxylic acids is 1. The zero-order chi connectivity index (χ0) is 26.0. The average Bonchev–Trinajstić information content (AvgIpc) is 3.52. The molecule has 12 heteroatoms. The first-order chi connectivity index (χ1) is 16.9. The highest BCUT2D eigenvalue weighted by Gasteiger charge is 2.53. The molecule has 2 fully saturated rings. The van der Waals surface area contributed by atoms with E-state index in [-0.39, 0.29) is 22.9 Å². The van der Waals surface area contributed by atoms with Crippen molar-refractivity contribution >= 4 is 28.9 Å². The number of halogens is 1. The van der Waals surface area contributed by atoms with Gasteiger partial charge in [-0.15, -0.1) is 0 Å². The van der Waals surface area contributed by atoms with Crippen LogP contribution in [0.2, 0.25) is 0 Å². The molecule has 0 radical (unpaired) electrons. The molecule has 4 heterocycles. The van der Waals surface area contributed by atoms with Crippen molar-refractivity contribution in [3.63, 3.8) is 0 Å². The number of hydroxylamine groups is 1. The summed E-state index contributed by atoms with van der Waals surface area (Å²) in [5.74, 6) is -2.11. The zero-order valence-corrected chi connectivity index (χ0v) is 20.5. The minimum Gasteiger partial charge on any atom is -0.477 e. The number of aromatic nitrogens is 2. The van der Waals surface area contributed by atoms with Crippen LogP contribution >= 0.6 is 0 Å². The lowest BCUT2D eigenvalue weighted by Crippen LogP contribution is -2.62. The summed E-state index contributed by atoms with van der Waals surface area (Å²) in [6, 6.07) is 1.07. The van der Waals surface area contributed by atoms with Crippen LogP contribution in [0.4, 0.5) is 15.0 Å². The summed E-state index contributed by atoms with van der Waals surface area (Å²) in [6.07, 6.45) is 4.18. The largest absolute Gasteiger partial charge is 0.477 e. The van der Waals surface area contributed by atoms with Gasteiger partial charge in [-0.25, -0.2) is 19.0 Å². The Bertz CT molecular complexity index is 1350. The van der Waals surface area contributed by atoms with Gasteiger partial charge in [0.05, 0.1) is 23.6 Å². The van der Waals surface area contributed by atoms with Gasteiger partial charge in [-0.05, 0) is 39.7 Å². The van der Waals surface area contributed by atoms with E-state index in [4.69, 9.17) is 9.57 Å². The second kappa shape index (κ2) is 8.19. The quantitative estimate of drug-likeness (QED) is 0.595. The Kier molecular flexibility index (Phi) is 5.47. The highest BCUT2D eigenvalue weighted by atomic mass is 19.1. The number of carboxylic acid groups (broad SMARTS) is 1. The third kappa shape index (κ3) is 4.04. The summed E-state index contributed by atoms with van der Waals surface area (Å²) < 4.78 is 22.5. The van der Waals surface area contributed by atoms with Gasteiger partial charge in [0.2, 0.25) is 5.43 Å². The Labute approximate surface area is 206 Å². The van der Waals surface area contributed by atoms with Gasteiger partial charge in [0, 0.05) is 38.1 Å². The van der Waals surface area contributed by atoms with Crippen LogP contribution in [0.15, 0.2) is 29.0 Å². The van der Waals surface area contributed by atoms with E-state index in [1.165, 1.54) is 13.3 Å². The third-order valence-corrected chi connectivity index (χ3v) is 6.56. The van der Waals surface area contributed by atoms with Gasteiger partial charge in [0.1, 0.15) is 16.8 Å². The normalized spacial score (nSPS) is 18.9. The van der Waals surface area contributed by atoms with Crippen LogP contribution in [-0.4, -0.2) is 64.0 Å².